The second-order valence-corrected chi connectivity index (χ2v) is 3.61. The number of benzene rings is 1. The highest BCUT2D eigenvalue weighted by Gasteiger charge is 2.06. The predicted octanol–water partition coefficient (Wildman–Crippen LogP) is 2.66. The lowest BCUT2D eigenvalue weighted by atomic mass is 10.2. The topological polar surface area (TPSA) is 45.0 Å². The molecule has 1 aromatic carbocycles. The fraction of sp³-hybridized carbons (Fsp3) is 0.364. The molecule has 80 valence electrons. The maximum Gasteiger partial charge on any atom is 0.103 e. The molecule has 0 radical (unpaired) electrons. The number of nitrogens with zero attached hydrogens (tertiary/aromatic N) is 1. The van der Waals surface area contributed by atoms with Crippen LogP contribution in [0, 0.1) is 11.3 Å². The van der Waals surface area contributed by atoms with Gasteiger partial charge in [-0.3, -0.25) is 0 Å². The first-order chi connectivity index (χ1) is 7.19. The van der Waals surface area contributed by atoms with E-state index in [4.69, 9.17) is 21.6 Å². The number of halogens is 1. The van der Waals surface area contributed by atoms with Crippen molar-refractivity contribution in [1.82, 2.24) is 0 Å². The van der Waals surface area contributed by atoms with Crippen molar-refractivity contribution < 1.29 is 4.74 Å². The zero-order valence-electron chi connectivity index (χ0n) is 8.75. The van der Waals surface area contributed by atoms with Gasteiger partial charge in [0.2, 0.25) is 0 Å². The minimum atomic E-state index is 0.0931. The van der Waals surface area contributed by atoms with E-state index in [-0.39, 0.29) is 6.10 Å². The number of nitriles is 1. The summed E-state index contributed by atoms with van der Waals surface area (Å²) in [6, 6.07) is 7.40. The van der Waals surface area contributed by atoms with Gasteiger partial charge in [-0.25, -0.2) is 0 Å². The molecule has 3 nitrogen and oxygen atoms in total. The SMILES string of the molecule is COC(C)CNc1cccc(Cl)c1C#N. The van der Waals surface area contributed by atoms with E-state index in [1.165, 1.54) is 0 Å². The van der Waals surface area contributed by atoms with Crippen LogP contribution in [0.4, 0.5) is 5.69 Å². The molecule has 4 heteroatoms. The van der Waals surface area contributed by atoms with Crippen molar-refractivity contribution in [2.24, 2.45) is 0 Å². The van der Waals surface area contributed by atoms with Gasteiger partial charge in [0.15, 0.2) is 0 Å². The Morgan fingerprint density at radius 3 is 2.93 bits per heavy atom. The molecule has 0 aliphatic heterocycles. The lowest BCUT2D eigenvalue weighted by Crippen LogP contribution is -2.18. The number of rotatable bonds is 4. The summed E-state index contributed by atoms with van der Waals surface area (Å²) < 4.78 is 5.10. The van der Waals surface area contributed by atoms with Gasteiger partial charge in [-0.15, -0.1) is 0 Å². The van der Waals surface area contributed by atoms with E-state index >= 15 is 0 Å². The Labute approximate surface area is 94.6 Å². The van der Waals surface area contributed by atoms with Crippen LogP contribution in [0.25, 0.3) is 0 Å². The number of hydrogen-bond acceptors (Lipinski definition) is 3. The largest absolute Gasteiger partial charge is 0.381 e. The van der Waals surface area contributed by atoms with E-state index in [9.17, 15) is 0 Å². The third-order valence-electron chi connectivity index (χ3n) is 2.11. The number of ether oxygens (including phenoxy) is 1. The average Bonchev–Trinajstić information content (AvgIpc) is 2.25. The first kappa shape index (κ1) is 11.8. The molecule has 0 fully saturated rings. The maximum atomic E-state index is 8.92. The van der Waals surface area contributed by atoms with E-state index in [1.807, 2.05) is 19.1 Å². The van der Waals surface area contributed by atoms with E-state index in [0.717, 1.165) is 5.69 Å². The minimum absolute atomic E-state index is 0.0931. The first-order valence-electron chi connectivity index (χ1n) is 4.64. The molecule has 0 aliphatic rings. The lowest BCUT2D eigenvalue weighted by molar-refractivity contribution is 0.129. The number of anilines is 1. The zero-order valence-corrected chi connectivity index (χ0v) is 9.51. The van der Waals surface area contributed by atoms with Gasteiger partial charge in [-0.2, -0.15) is 5.26 Å². The first-order valence-corrected chi connectivity index (χ1v) is 5.02. The van der Waals surface area contributed by atoms with E-state index in [2.05, 4.69) is 11.4 Å². The quantitative estimate of drug-likeness (QED) is 0.855. The number of nitrogens with one attached hydrogen (secondary N) is 1. The fourth-order valence-electron chi connectivity index (χ4n) is 1.12. The van der Waals surface area contributed by atoms with Crippen molar-refractivity contribution in [2.75, 3.05) is 19.0 Å². The predicted molar refractivity (Wildman–Crippen MR) is 61.1 cm³/mol. The summed E-state index contributed by atoms with van der Waals surface area (Å²) in [6.07, 6.45) is 0.0931. The van der Waals surface area contributed by atoms with Crippen molar-refractivity contribution >= 4 is 17.3 Å². The summed E-state index contributed by atoms with van der Waals surface area (Å²) >= 11 is 5.88. The molecular formula is C11H13ClN2O. The van der Waals surface area contributed by atoms with Crippen LogP contribution in [0.2, 0.25) is 5.02 Å². The van der Waals surface area contributed by atoms with Crippen LogP contribution in [0.5, 0.6) is 0 Å². The smallest absolute Gasteiger partial charge is 0.103 e. The highest BCUT2D eigenvalue weighted by atomic mass is 35.5. The average molecular weight is 225 g/mol. The minimum Gasteiger partial charge on any atom is -0.381 e. The molecule has 1 rings (SSSR count). The molecule has 1 unspecified atom stereocenters. The molecule has 1 N–H and O–H groups in total. The number of methoxy groups -OCH3 is 1. The summed E-state index contributed by atoms with van der Waals surface area (Å²) in [5.74, 6) is 0. The lowest BCUT2D eigenvalue weighted by Gasteiger charge is -2.13. The Kier molecular flexibility index (Phi) is 4.41. The zero-order chi connectivity index (χ0) is 11.3. The van der Waals surface area contributed by atoms with E-state index in [1.54, 1.807) is 13.2 Å². The van der Waals surface area contributed by atoms with Gasteiger partial charge in [0.25, 0.3) is 0 Å². The molecule has 0 aromatic heterocycles. The summed E-state index contributed by atoms with van der Waals surface area (Å²) in [5.41, 5.74) is 1.22. The monoisotopic (exact) mass is 224 g/mol. The Hall–Kier alpha value is -1.24. The van der Waals surface area contributed by atoms with Crippen molar-refractivity contribution in [2.45, 2.75) is 13.0 Å². The summed E-state index contributed by atoms with van der Waals surface area (Å²) in [4.78, 5) is 0. The van der Waals surface area contributed by atoms with Crippen molar-refractivity contribution in [3.63, 3.8) is 0 Å². The highest BCUT2D eigenvalue weighted by molar-refractivity contribution is 6.32. The maximum absolute atomic E-state index is 8.92. The summed E-state index contributed by atoms with van der Waals surface area (Å²) in [5, 5.41) is 12.5. The third kappa shape index (κ3) is 3.12. The van der Waals surface area contributed by atoms with Gasteiger partial charge >= 0.3 is 0 Å². The molecule has 15 heavy (non-hydrogen) atoms. The van der Waals surface area contributed by atoms with Gasteiger partial charge in [-0.05, 0) is 19.1 Å². The Morgan fingerprint density at radius 1 is 1.60 bits per heavy atom. The fourth-order valence-corrected chi connectivity index (χ4v) is 1.34. The van der Waals surface area contributed by atoms with Gasteiger partial charge in [0.1, 0.15) is 6.07 Å². The molecule has 0 bridgehead atoms. The molecule has 0 heterocycles. The van der Waals surface area contributed by atoms with E-state index in [0.29, 0.717) is 17.1 Å². The van der Waals surface area contributed by atoms with Crippen molar-refractivity contribution in [3.8, 4) is 6.07 Å². The highest BCUT2D eigenvalue weighted by Crippen LogP contribution is 2.23. The van der Waals surface area contributed by atoms with Gasteiger partial charge in [-0.1, -0.05) is 17.7 Å². The van der Waals surface area contributed by atoms with E-state index < -0.39 is 0 Å². The van der Waals surface area contributed by atoms with Gasteiger partial charge < -0.3 is 10.1 Å². The van der Waals surface area contributed by atoms with Crippen molar-refractivity contribution in [1.29, 1.82) is 5.26 Å². The summed E-state index contributed by atoms with van der Waals surface area (Å²) in [6.45, 7) is 2.59. The summed E-state index contributed by atoms with van der Waals surface area (Å²) in [7, 11) is 1.65. The van der Waals surface area contributed by atoms with Crippen LogP contribution in [0.1, 0.15) is 12.5 Å². The third-order valence-corrected chi connectivity index (χ3v) is 2.42. The molecular weight excluding hydrogens is 212 g/mol. The van der Waals surface area contributed by atoms with Gasteiger partial charge in [0, 0.05) is 13.7 Å². The van der Waals surface area contributed by atoms with Crippen LogP contribution in [-0.4, -0.2) is 19.8 Å². The van der Waals surface area contributed by atoms with Crippen LogP contribution < -0.4 is 5.32 Å². The second-order valence-electron chi connectivity index (χ2n) is 3.20. The molecule has 0 spiro atoms. The second kappa shape index (κ2) is 5.59. The molecule has 0 aliphatic carbocycles. The van der Waals surface area contributed by atoms with Crippen molar-refractivity contribution in [3.05, 3.63) is 28.8 Å². The van der Waals surface area contributed by atoms with Crippen LogP contribution in [0.15, 0.2) is 18.2 Å². The Bertz CT molecular complexity index is 373. The molecule has 1 aromatic rings. The Balaban J connectivity index is 2.77. The molecule has 0 amide bonds. The molecule has 1 atom stereocenters. The van der Waals surface area contributed by atoms with Gasteiger partial charge in [0.05, 0.1) is 22.4 Å². The molecule has 0 saturated carbocycles. The standard InChI is InChI=1S/C11H13ClN2O/c1-8(15-2)7-14-11-5-3-4-10(12)9(11)6-13/h3-5,8,14H,7H2,1-2H3. The van der Waals surface area contributed by atoms with Crippen LogP contribution in [0.3, 0.4) is 0 Å². The number of hydrogen-bond donors (Lipinski definition) is 1. The van der Waals surface area contributed by atoms with Crippen LogP contribution >= 0.6 is 11.6 Å². The Morgan fingerprint density at radius 2 is 2.33 bits per heavy atom. The molecule has 0 saturated heterocycles. The van der Waals surface area contributed by atoms with Crippen LogP contribution in [-0.2, 0) is 4.74 Å². The normalized spacial score (nSPS) is 11.9.